The number of rotatable bonds is 1. The van der Waals surface area contributed by atoms with Gasteiger partial charge in [0.1, 0.15) is 11.2 Å². The molecule has 0 aromatic heterocycles. The average molecular weight is 282 g/mol. The Hall–Kier alpha value is -2.40. The van der Waals surface area contributed by atoms with E-state index in [1.54, 1.807) is 6.07 Å². The molecule has 3 aliphatic rings. The molecule has 5 heteroatoms. The zero-order chi connectivity index (χ0) is 14.2. The highest BCUT2D eigenvalue weighted by molar-refractivity contribution is 5.80. The van der Waals surface area contributed by atoms with E-state index in [9.17, 15) is 4.79 Å². The Morgan fingerprint density at radius 2 is 1.90 bits per heavy atom. The van der Waals surface area contributed by atoms with E-state index in [2.05, 4.69) is 9.88 Å². The SMILES string of the molecule is O=c1ccc2nc3ccc(N4CCOCC4)cc3oc-2c1. The number of benzene rings is 2. The normalized spacial score (nSPS) is 15.7. The Kier molecular flexibility index (Phi) is 2.86. The first kappa shape index (κ1) is 12.3. The monoisotopic (exact) mass is 282 g/mol. The van der Waals surface area contributed by atoms with Gasteiger partial charge in [0, 0.05) is 30.9 Å². The van der Waals surface area contributed by atoms with Gasteiger partial charge in [0.05, 0.1) is 13.2 Å². The molecule has 1 saturated heterocycles. The third kappa shape index (κ3) is 2.25. The third-order valence-electron chi connectivity index (χ3n) is 3.71. The van der Waals surface area contributed by atoms with E-state index in [4.69, 9.17) is 9.15 Å². The Balaban J connectivity index is 1.84. The summed E-state index contributed by atoms with van der Waals surface area (Å²) in [4.78, 5) is 18.2. The number of hydrogen-bond donors (Lipinski definition) is 0. The molecule has 21 heavy (non-hydrogen) atoms. The maximum absolute atomic E-state index is 11.4. The number of aromatic nitrogens is 1. The van der Waals surface area contributed by atoms with Crippen molar-refractivity contribution in [2.45, 2.75) is 0 Å². The quantitative estimate of drug-likeness (QED) is 0.640. The van der Waals surface area contributed by atoms with Crippen LogP contribution < -0.4 is 10.3 Å². The van der Waals surface area contributed by atoms with Crippen molar-refractivity contribution in [2.24, 2.45) is 0 Å². The Morgan fingerprint density at radius 3 is 2.76 bits per heavy atom. The first-order valence-corrected chi connectivity index (χ1v) is 6.97. The molecule has 2 heterocycles. The molecule has 1 fully saturated rings. The predicted molar refractivity (Wildman–Crippen MR) is 79.9 cm³/mol. The van der Waals surface area contributed by atoms with Crippen LogP contribution in [-0.2, 0) is 4.74 Å². The second-order valence-corrected chi connectivity index (χ2v) is 5.09. The summed E-state index contributed by atoms with van der Waals surface area (Å²) >= 11 is 0. The van der Waals surface area contributed by atoms with Crippen LogP contribution in [0, 0.1) is 0 Å². The number of nitrogens with zero attached hydrogens (tertiary/aromatic N) is 2. The summed E-state index contributed by atoms with van der Waals surface area (Å²) in [5.41, 5.74) is 3.20. The van der Waals surface area contributed by atoms with Crippen molar-refractivity contribution in [3.63, 3.8) is 0 Å². The zero-order valence-corrected chi connectivity index (χ0v) is 11.4. The van der Waals surface area contributed by atoms with E-state index in [-0.39, 0.29) is 5.43 Å². The number of ether oxygens (including phenoxy) is 1. The second-order valence-electron chi connectivity index (χ2n) is 5.09. The lowest BCUT2D eigenvalue weighted by molar-refractivity contribution is 0.122. The molecular weight excluding hydrogens is 268 g/mol. The molecule has 0 amide bonds. The number of fused-ring (bicyclic) bond motifs is 2. The van der Waals surface area contributed by atoms with Crippen molar-refractivity contribution in [1.82, 2.24) is 4.98 Å². The van der Waals surface area contributed by atoms with E-state index in [1.165, 1.54) is 12.1 Å². The minimum absolute atomic E-state index is 0.0725. The lowest BCUT2D eigenvalue weighted by atomic mass is 10.2. The molecule has 0 saturated carbocycles. The van der Waals surface area contributed by atoms with Gasteiger partial charge >= 0.3 is 0 Å². The van der Waals surface area contributed by atoms with Gasteiger partial charge in [-0.15, -0.1) is 0 Å². The van der Waals surface area contributed by atoms with E-state index in [0.29, 0.717) is 17.0 Å². The number of anilines is 1. The van der Waals surface area contributed by atoms with Crippen molar-refractivity contribution in [1.29, 1.82) is 0 Å². The second kappa shape index (κ2) is 4.86. The summed E-state index contributed by atoms with van der Waals surface area (Å²) in [6.07, 6.45) is 0. The van der Waals surface area contributed by atoms with Crippen LogP contribution in [0.1, 0.15) is 0 Å². The zero-order valence-electron chi connectivity index (χ0n) is 11.4. The predicted octanol–water partition coefficient (Wildman–Crippen LogP) is 2.13. The molecule has 1 aliphatic carbocycles. The first-order chi connectivity index (χ1) is 10.3. The molecule has 1 aromatic carbocycles. The highest BCUT2D eigenvalue weighted by Crippen LogP contribution is 2.27. The Morgan fingerprint density at radius 1 is 1.05 bits per heavy atom. The fourth-order valence-corrected chi connectivity index (χ4v) is 2.61. The highest BCUT2D eigenvalue weighted by atomic mass is 16.5. The first-order valence-electron chi connectivity index (χ1n) is 6.97. The van der Waals surface area contributed by atoms with Crippen molar-refractivity contribution in [3.05, 3.63) is 46.6 Å². The largest absolute Gasteiger partial charge is 0.453 e. The molecule has 0 radical (unpaired) electrons. The number of hydrogen-bond acceptors (Lipinski definition) is 5. The lowest BCUT2D eigenvalue weighted by Gasteiger charge is -2.28. The summed E-state index contributed by atoms with van der Waals surface area (Å²) in [5, 5.41) is 0. The van der Waals surface area contributed by atoms with Gasteiger partial charge in [-0.1, -0.05) is 0 Å². The Bertz CT molecular complexity index is 821. The Labute approximate surface area is 121 Å². The van der Waals surface area contributed by atoms with Crippen LogP contribution in [-0.4, -0.2) is 31.3 Å². The smallest absolute Gasteiger partial charge is 0.182 e. The summed E-state index contributed by atoms with van der Waals surface area (Å²) in [5.74, 6) is 0.522. The van der Waals surface area contributed by atoms with Crippen LogP contribution in [0.25, 0.3) is 22.6 Å². The highest BCUT2D eigenvalue weighted by Gasteiger charge is 2.14. The fourth-order valence-electron chi connectivity index (χ4n) is 2.61. The molecule has 0 unspecified atom stereocenters. The van der Waals surface area contributed by atoms with Crippen LogP contribution >= 0.6 is 0 Å². The van der Waals surface area contributed by atoms with Gasteiger partial charge in [0.2, 0.25) is 0 Å². The van der Waals surface area contributed by atoms with Gasteiger partial charge in [-0.25, -0.2) is 4.98 Å². The fraction of sp³-hybridized carbons (Fsp3) is 0.250. The molecule has 2 aliphatic heterocycles. The minimum Gasteiger partial charge on any atom is -0.453 e. The summed E-state index contributed by atoms with van der Waals surface area (Å²) < 4.78 is 11.2. The van der Waals surface area contributed by atoms with Gasteiger partial charge < -0.3 is 14.1 Å². The van der Waals surface area contributed by atoms with Gasteiger partial charge in [-0.05, 0) is 24.3 Å². The molecule has 1 aromatic rings. The van der Waals surface area contributed by atoms with Gasteiger partial charge in [-0.2, -0.15) is 0 Å². The lowest BCUT2D eigenvalue weighted by Crippen LogP contribution is -2.36. The standard InChI is InChI=1S/C16H14N2O3/c19-12-2-4-14-16(10-12)21-15-9-11(1-3-13(15)17-14)18-5-7-20-8-6-18/h1-4,9-10H,5-8H2. The topological polar surface area (TPSA) is 55.6 Å². The molecule has 5 nitrogen and oxygen atoms in total. The van der Waals surface area contributed by atoms with Crippen LogP contribution in [0.3, 0.4) is 0 Å². The molecule has 0 bridgehead atoms. The maximum Gasteiger partial charge on any atom is 0.182 e. The molecule has 106 valence electrons. The van der Waals surface area contributed by atoms with Crippen molar-refractivity contribution in [2.75, 3.05) is 31.2 Å². The molecule has 4 rings (SSSR count). The minimum atomic E-state index is -0.0725. The molecular formula is C16H14N2O3. The van der Waals surface area contributed by atoms with E-state index >= 15 is 0 Å². The van der Waals surface area contributed by atoms with Gasteiger partial charge in [0.25, 0.3) is 0 Å². The average Bonchev–Trinajstić information content (AvgIpc) is 2.53. The van der Waals surface area contributed by atoms with E-state index in [1.807, 2.05) is 18.2 Å². The van der Waals surface area contributed by atoms with E-state index in [0.717, 1.165) is 37.5 Å². The third-order valence-corrected chi connectivity index (χ3v) is 3.71. The van der Waals surface area contributed by atoms with Crippen LogP contribution in [0.5, 0.6) is 0 Å². The van der Waals surface area contributed by atoms with Crippen molar-refractivity contribution >= 4 is 16.8 Å². The summed E-state index contributed by atoms with van der Waals surface area (Å²) in [6.45, 7) is 3.23. The van der Waals surface area contributed by atoms with Crippen LogP contribution in [0.15, 0.2) is 45.6 Å². The number of morpholine rings is 1. The molecule has 0 spiro atoms. The van der Waals surface area contributed by atoms with Crippen molar-refractivity contribution < 1.29 is 9.15 Å². The van der Waals surface area contributed by atoms with Crippen LogP contribution in [0.2, 0.25) is 0 Å². The van der Waals surface area contributed by atoms with Crippen LogP contribution in [0.4, 0.5) is 5.69 Å². The van der Waals surface area contributed by atoms with Gasteiger partial charge in [-0.3, -0.25) is 4.79 Å². The summed E-state index contributed by atoms with van der Waals surface area (Å²) in [6, 6.07) is 10.6. The molecule has 0 N–H and O–H groups in total. The van der Waals surface area contributed by atoms with Gasteiger partial charge in [0.15, 0.2) is 16.8 Å². The molecule has 0 atom stereocenters. The maximum atomic E-state index is 11.4. The van der Waals surface area contributed by atoms with E-state index < -0.39 is 0 Å². The van der Waals surface area contributed by atoms with Crippen molar-refractivity contribution in [3.8, 4) is 11.5 Å². The summed E-state index contributed by atoms with van der Waals surface area (Å²) in [7, 11) is 0.